The highest BCUT2D eigenvalue weighted by molar-refractivity contribution is 7.92. The molecule has 0 aliphatic heterocycles. The zero-order valence-corrected chi connectivity index (χ0v) is 19.7. The Morgan fingerprint density at radius 2 is 1.71 bits per heavy atom. The number of rotatable bonds is 12. The van der Waals surface area contributed by atoms with E-state index >= 15 is 0 Å². The van der Waals surface area contributed by atoms with Crippen molar-refractivity contribution < 1.29 is 17.9 Å². The molecule has 0 aliphatic rings. The predicted octanol–water partition coefficient (Wildman–Crippen LogP) is 4.11. The second kappa shape index (κ2) is 11.7. The molecule has 0 fully saturated rings. The lowest BCUT2D eigenvalue weighted by Crippen LogP contribution is -2.40. The van der Waals surface area contributed by atoms with Gasteiger partial charge in [0.1, 0.15) is 12.3 Å². The lowest BCUT2D eigenvalue weighted by molar-refractivity contribution is -0.119. The van der Waals surface area contributed by atoms with E-state index in [1.807, 2.05) is 6.92 Å². The van der Waals surface area contributed by atoms with Crippen LogP contribution in [0.1, 0.15) is 50.7 Å². The number of anilines is 1. The minimum Gasteiger partial charge on any atom is -0.494 e. The molecule has 0 aromatic heterocycles. The fourth-order valence-corrected chi connectivity index (χ4v) is 3.96. The predicted molar refractivity (Wildman–Crippen MR) is 126 cm³/mol. The van der Waals surface area contributed by atoms with Gasteiger partial charge >= 0.3 is 0 Å². The molecule has 0 radical (unpaired) electrons. The Balaban J connectivity index is 1.87. The van der Waals surface area contributed by atoms with Gasteiger partial charge in [0.05, 0.1) is 18.6 Å². The molecule has 0 unspecified atom stereocenters. The van der Waals surface area contributed by atoms with Gasteiger partial charge in [0.15, 0.2) is 0 Å². The zero-order valence-electron chi connectivity index (χ0n) is 18.9. The van der Waals surface area contributed by atoms with Crippen LogP contribution in [0, 0.1) is 0 Å². The molecule has 1 N–H and O–H groups in total. The summed E-state index contributed by atoms with van der Waals surface area (Å²) in [4.78, 5) is 12.4. The summed E-state index contributed by atoms with van der Waals surface area (Å²) in [6.45, 7) is 7.18. The zero-order chi connectivity index (χ0) is 22.9. The number of nitrogens with one attached hydrogen (secondary N) is 1. The smallest absolute Gasteiger partial charge is 0.240 e. The topological polar surface area (TPSA) is 75.7 Å². The number of hydrogen-bond donors (Lipinski definition) is 1. The molecule has 2 rings (SSSR count). The molecule has 170 valence electrons. The Labute approximate surface area is 186 Å². The van der Waals surface area contributed by atoms with Crippen molar-refractivity contribution in [2.45, 2.75) is 46.0 Å². The van der Waals surface area contributed by atoms with Crippen LogP contribution in [-0.2, 0) is 21.2 Å². The second-order valence-electron chi connectivity index (χ2n) is 7.96. The van der Waals surface area contributed by atoms with Crippen LogP contribution in [0.3, 0.4) is 0 Å². The average Bonchev–Trinajstić information content (AvgIpc) is 2.73. The molecule has 1 amide bonds. The maximum atomic E-state index is 12.4. The maximum absolute atomic E-state index is 12.4. The second-order valence-corrected chi connectivity index (χ2v) is 9.87. The number of carbonyl (C=O) groups excluding carboxylic acids is 1. The minimum atomic E-state index is -3.60. The molecule has 0 aliphatic carbocycles. The summed E-state index contributed by atoms with van der Waals surface area (Å²) in [6.07, 6.45) is 3.63. The number of sulfonamides is 1. The largest absolute Gasteiger partial charge is 0.494 e. The quantitative estimate of drug-likeness (QED) is 0.498. The molecule has 2 aromatic carbocycles. The molecule has 7 heteroatoms. The monoisotopic (exact) mass is 446 g/mol. The summed E-state index contributed by atoms with van der Waals surface area (Å²) < 4.78 is 31.1. The Morgan fingerprint density at radius 1 is 1.06 bits per heavy atom. The molecule has 0 heterocycles. The summed E-state index contributed by atoms with van der Waals surface area (Å²) in [5.41, 5.74) is 2.97. The number of aryl methyl sites for hydroxylation is 1. The Hall–Kier alpha value is -2.54. The van der Waals surface area contributed by atoms with E-state index in [0.29, 0.717) is 30.5 Å². The van der Waals surface area contributed by atoms with E-state index in [-0.39, 0.29) is 12.5 Å². The first-order valence-electron chi connectivity index (χ1n) is 10.8. The fourth-order valence-electron chi connectivity index (χ4n) is 3.10. The van der Waals surface area contributed by atoms with E-state index in [1.54, 1.807) is 24.3 Å². The number of benzene rings is 2. The van der Waals surface area contributed by atoms with Crippen LogP contribution in [0.5, 0.6) is 5.75 Å². The van der Waals surface area contributed by atoms with Gasteiger partial charge < -0.3 is 10.1 Å². The first kappa shape index (κ1) is 24.7. The van der Waals surface area contributed by atoms with E-state index in [1.165, 1.54) is 11.1 Å². The van der Waals surface area contributed by atoms with Gasteiger partial charge in [-0.05, 0) is 60.6 Å². The van der Waals surface area contributed by atoms with Gasteiger partial charge in [0.25, 0.3) is 0 Å². The molecule has 0 atom stereocenters. The fraction of sp³-hybridized carbons (Fsp3) is 0.458. The third-order valence-electron chi connectivity index (χ3n) is 4.90. The van der Waals surface area contributed by atoms with Crippen LogP contribution in [0.4, 0.5) is 5.69 Å². The third kappa shape index (κ3) is 8.25. The first-order valence-corrected chi connectivity index (χ1v) is 12.6. The van der Waals surface area contributed by atoms with Crippen LogP contribution < -0.4 is 14.4 Å². The molecule has 0 saturated heterocycles. The first-order chi connectivity index (χ1) is 14.7. The minimum absolute atomic E-state index is 0.253. The van der Waals surface area contributed by atoms with Gasteiger partial charge in [-0.15, -0.1) is 0 Å². The molecule has 2 aromatic rings. The van der Waals surface area contributed by atoms with Crippen LogP contribution in [0.15, 0.2) is 48.5 Å². The summed E-state index contributed by atoms with van der Waals surface area (Å²) in [5, 5.41) is 2.82. The molecule has 0 spiro atoms. The molecule has 6 nitrogen and oxygen atoms in total. The Kier molecular flexibility index (Phi) is 9.37. The van der Waals surface area contributed by atoms with Crippen LogP contribution >= 0.6 is 0 Å². The molecule has 31 heavy (non-hydrogen) atoms. The van der Waals surface area contributed by atoms with Crippen molar-refractivity contribution in [3.63, 3.8) is 0 Å². The van der Waals surface area contributed by atoms with Gasteiger partial charge in [-0.3, -0.25) is 9.10 Å². The lowest BCUT2D eigenvalue weighted by Gasteiger charge is -2.22. The van der Waals surface area contributed by atoms with Crippen molar-refractivity contribution in [1.29, 1.82) is 0 Å². The summed E-state index contributed by atoms with van der Waals surface area (Å²) in [5.74, 6) is 0.850. The van der Waals surface area contributed by atoms with E-state index < -0.39 is 10.0 Å². The number of nitrogens with zero attached hydrogens (tertiary/aromatic N) is 1. The highest BCUT2D eigenvalue weighted by Gasteiger charge is 2.20. The average molecular weight is 447 g/mol. The van der Waals surface area contributed by atoms with Gasteiger partial charge in [0.2, 0.25) is 15.9 Å². The summed E-state index contributed by atoms with van der Waals surface area (Å²) in [6, 6.07) is 15.3. The number of carbonyl (C=O) groups is 1. The number of hydrogen-bond acceptors (Lipinski definition) is 4. The van der Waals surface area contributed by atoms with Gasteiger partial charge in [-0.25, -0.2) is 8.42 Å². The lowest BCUT2D eigenvalue weighted by atomic mass is 10.0. The number of ether oxygens (including phenoxy) is 1. The van der Waals surface area contributed by atoms with Crippen LogP contribution in [0.25, 0.3) is 0 Å². The molecular weight excluding hydrogens is 412 g/mol. The van der Waals surface area contributed by atoms with Crippen LogP contribution in [-0.4, -0.2) is 40.3 Å². The van der Waals surface area contributed by atoms with E-state index in [9.17, 15) is 13.2 Å². The highest BCUT2D eigenvalue weighted by atomic mass is 32.2. The summed E-state index contributed by atoms with van der Waals surface area (Å²) in [7, 11) is -3.60. The van der Waals surface area contributed by atoms with Crippen LogP contribution in [0.2, 0.25) is 0 Å². The summed E-state index contributed by atoms with van der Waals surface area (Å²) >= 11 is 0. The number of amides is 1. The van der Waals surface area contributed by atoms with Crippen molar-refractivity contribution in [1.82, 2.24) is 5.32 Å². The highest BCUT2D eigenvalue weighted by Crippen LogP contribution is 2.21. The van der Waals surface area contributed by atoms with Gasteiger partial charge in [-0.2, -0.15) is 0 Å². The van der Waals surface area contributed by atoms with Crippen molar-refractivity contribution in [2.75, 3.05) is 30.3 Å². The van der Waals surface area contributed by atoms with E-state index in [4.69, 9.17) is 4.74 Å². The van der Waals surface area contributed by atoms with Crippen molar-refractivity contribution in [2.24, 2.45) is 0 Å². The normalized spacial score (nSPS) is 11.4. The Morgan fingerprint density at radius 3 is 2.26 bits per heavy atom. The SMILES string of the molecule is CCCOc1ccc(N(CC(=O)NCCCc2ccc(C(C)C)cc2)S(C)(=O)=O)cc1. The van der Waals surface area contributed by atoms with Gasteiger partial charge in [0, 0.05) is 6.54 Å². The van der Waals surface area contributed by atoms with Crippen molar-refractivity contribution in [3.8, 4) is 5.75 Å². The molecule has 0 saturated carbocycles. The third-order valence-corrected chi connectivity index (χ3v) is 6.04. The molecular formula is C24H34N2O4S. The van der Waals surface area contributed by atoms with E-state index in [2.05, 4.69) is 43.4 Å². The molecule has 0 bridgehead atoms. The van der Waals surface area contributed by atoms with Crippen molar-refractivity contribution in [3.05, 3.63) is 59.7 Å². The standard InChI is InChI=1S/C24H34N2O4S/c1-5-17-30-23-14-12-22(13-15-23)26(31(4,28)29)18-24(27)25-16-6-7-20-8-10-21(11-9-20)19(2)3/h8-15,19H,5-7,16-18H2,1-4H3,(H,25,27). The van der Waals surface area contributed by atoms with Gasteiger partial charge in [-0.1, -0.05) is 45.0 Å². The maximum Gasteiger partial charge on any atom is 0.240 e. The Bertz CT molecular complexity index is 923. The van der Waals surface area contributed by atoms with E-state index in [0.717, 1.165) is 29.8 Å². The van der Waals surface area contributed by atoms with Crippen molar-refractivity contribution >= 4 is 21.6 Å².